The van der Waals surface area contributed by atoms with Crippen LogP contribution in [0.1, 0.15) is 5.56 Å². The first-order chi connectivity index (χ1) is 10.0. The summed E-state index contributed by atoms with van der Waals surface area (Å²) in [5, 5.41) is 10.1. The average Bonchev–Trinajstić information content (AvgIpc) is 2.84. The van der Waals surface area contributed by atoms with E-state index < -0.39 is 6.61 Å². The minimum Gasteiger partial charge on any atom is -0.433 e. The maximum absolute atomic E-state index is 12.3. The lowest BCUT2D eigenvalue weighted by Gasteiger charge is -2.13. The van der Waals surface area contributed by atoms with Crippen molar-refractivity contribution in [3.8, 4) is 5.75 Å². The van der Waals surface area contributed by atoms with E-state index in [1.54, 1.807) is 29.1 Å². The number of thiocarbonyl (C=S) groups is 1. The smallest absolute Gasteiger partial charge is 0.387 e. The Balaban J connectivity index is 1.93. The molecule has 0 amide bonds. The first-order valence-corrected chi connectivity index (χ1v) is 6.51. The molecule has 5 nitrogen and oxygen atoms in total. The van der Waals surface area contributed by atoms with Crippen LogP contribution in [0.5, 0.6) is 5.75 Å². The normalized spacial score (nSPS) is 10.5. The van der Waals surface area contributed by atoms with E-state index in [0.29, 0.717) is 17.3 Å². The molecule has 0 spiro atoms. The molecule has 2 aromatic rings. The summed E-state index contributed by atoms with van der Waals surface area (Å²) in [6, 6.07) is 6.35. The van der Waals surface area contributed by atoms with Gasteiger partial charge in [0, 0.05) is 25.4 Å². The molecular weight excluding hydrogens is 298 g/mol. The Bertz CT molecular complexity index is 618. The van der Waals surface area contributed by atoms with Crippen molar-refractivity contribution >= 4 is 23.0 Å². The number of aryl methyl sites for hydroxylation is 1. The van der Waals surface area contributed by atoms with Gasteiger partial charge in [0.25, 0.3) is 0 Å². The lowest BCUT2D eigenvalue weighted by atomic mass is 10.3. The minimum atomic E-state index is -2.88. The fourth-order valence-electron chi connectivity index (χ4n) is 1.68. The number of hydrogen-bond acceptors (Lipinski definition) is 3. The molecule has 112 valence electrons. The number of halogens is 2. The van der Waals surface area contributed by atoms with Crippen molar-refractivity contribution in [2.24, 2.45) is 7.05 Å². The standard InChI is InChI=1S/C13H14F2N4OS/c1-19-8-9(7-17-19)6-16-13(21)18-10-4-2-3-5-11(10)20-12(14)15/h2-5,7-8,12H,6H2,1H3,(H2,16,18,21). The summed E-state index contributed by atoms with van der Waals surface area (Å²) in [5.74, 6) is 0.0398. The van der Waals surface area contributed by atoms with E-state index in [2.05, 4.69) is 20.5 Å². The van der Waals surface area contributed by atoms with Crippen LogP contribution in [0.4, 0.5) is 14.5 Å². The number of nitrogens with one attached hydrogen (secondary N) is 2. The highest BCUT2D eigenvalue weighted by Gasteiger charge is 2.10. The predicted octanol–water partition coefficient (Wildman–Crippen LogP) is 2.51. The molecule has 0 aliphatic heterocycles. The van der Waals surface area contributed by atoms with Crippen molar-refractivity contribution < 1.29 is 13.5 Å². The van der Waals surface area contributed by atoms with E-state index in [9.17, 15) is 8.78 Å². The summed E-state index contributed by atoms with van der Waals surface area (Å²) >= 11 is 5.12. The molecule has 0 aliphatic carbocycles. The highest BCUT2D eigenvalue weighted by atomic mass is 32.1. The number of ether oxygens (including phenoxy) is 1. The van der Waals surface area contributed by atoms with Gasteiger partial charge in [0.05, 0.1) is 11.9 Å². The molecule has 21 heavy (non-hydrogen) atoms. The Morgan fingerprint density at radius 3 is 2.86 bits per heavy atom. The Hall–Kier alpha value is -2.22. The third-order valence-corrected chi connectivity index (χ3v) is 2.81. The molecule has 0 saturated carbocycles. The highest BCUT2D eigenvalue weighted by Crippen LogP contribution is 2.25. The fourth-order valence-corrected chi connectivity index (χ4v) is 1.86. The van der Waals surface area contributed by atoms with Gasteiger partial charge in [0.15, 0.2) is 5.11 Å². The van der Waals surface area contributed by atoms with E-state index in [-0.39, 0.29) is 5.75 Å². The molecule has 1 aromatic carbocycles. The number of hydrogen-bond donors (Lipinski definition) is 2. The van der Waals surface area contributed by atoms with E-state index in [1.807, 2.05) is 13.2 Å². The SMILES string of the molecule is Cn1cc(CNC(=S)Nc2ccccc2OC(F)F)cn1. The Morgan fingerprint density at radius 2 is 2.19 bits per heavy atom. The average molecular weight is 312 g/mol. The van der Waals surface area contributed by atoms with Crippen LogP contribution in [0.15, 0.2) is 36.7 Å². The summed E-state index contributed by atoms with van der Waals surface area (Å²) in [7, 11) is 1.82. The zero-order valence-corrected chi connectivity index (χ0v) is 12.0. The van der Waals surface area contributed by atoms with Crippen molar-refractivity contribution in [2.45, 2.75) is 13.2 Å². The second-order valence-corrected chi connectivity index (χ2v) is 4.61. The topological polar surface area (TPSA) is 51.1 Å². The molecule has 1 aromatic heterocycles. The van der Waals surface area contributed by atoms with Gasteiger partial charge in [-0.1, -0.05) is 12.1 Å². The first kappa shape index (κ1) is 15.2. The number of alkyl halides is 2. The van der Waals surface area contributed by atoms with Crippen molar-refractivity contribution in [2.75, 3.05) is 5.32 Å². The molecule has 8 heteroatoms. The molecule has 0 aliphatic rings. The second kappa shape index (κ2) is 6.98. The van der Waals surface area contributed by atoms with Crippen LogP contribution < -0.4 is 15.4 Å². The van der Waals surface area contributed by atoms with Crippen LogP contribution in [-0.4, -0.2) is 21.5 Å². The van der Waals surface area contributed by atoms with E-state index in [1.165, 1.54) is 6.07 Å². The zero-order valence-electron chi connectivity index (χ0n) is 11.2. The maximum atomic E-state index is 12.3. The highest BCUT2D eigenvalue weighted by molar-refractivity contribution is 7.80. The molecule has 0 atom stereocenters. The van der Waals surface area contributed by atoms with E-state index >= 15 is 0 Å². The third kappa shape index (κ3) is 4.67. The molecule has 0 unspecified atom stereocenters. The van der Waals surface area contributed by atoms with Crippen molar-refractivity contribution in [3.63, 3.8) is 0 Å². The molecule has 0 saturated heterocycles. The largest absolute Gasteiger partial charge is 0.433 e. The molecule has 2 N–H and O–H groups in total. The van der Waals surface area contributed by atoms with Crippen LogP contribution in [0.2, 0.25) is 0 Å². The minimum absolute atomic E-state index is 0.0398. The lowest BCUT2D eigenvalue weighted by Crippen LogP contribution is -2.28. The van der Waals surface area contributed by atoms with Crippen LogP contribution in [-0.2, 0) is 13.6 Å². The van der Waals surface area contributed by atoms with E-state index in [0.717, 1.165) is 5.56 Å². The number of aromatic nitrogens is 2. The number of benzene rings is 1. The quantitative estimate of drug-likeness (QED) is 0.831. The summed E-state index contributed by atoms with van der Waals surface area (Å²) < 4.78 is 30.7. The molecule has 2 rings (SSSR count). The van der Waals surface area contributed by atoms with Gasteiger partial charge < -0.3 is 15.4 Å². The van der Waals surface area contributed by atoms with Crippen LogP contribution in [0.25, 0.3) is 0 Å². The van der Waals surface area contributed by atoms with Crippen LogP contribution in [0, 0.1) is 0 Å². The monoisotopic (exact) mass is 312 g/mol. The maximum Gasteiger partial charge on any atom is 0.387 e. The molecule has 0 fully saturated rings. The van der Waals surface area contributed by atoms with Gasteiger partial charge in [-0.3, -0.25) is 4.68 Å². The third-order valence-electron chi connectivity index (χ3n) is 2.56. The summed E-state index contributed by atoms with van der Waals surface area (Å²) in [4.78, 5) is 0. The Labute approximate surface area is 125 Å². The number of para-hydroxylation sites is 2. The lowest BCUT2D eigenvalue weighted by molar-refractivity contribution is -0.0493. The second-order valence-electron chi connectivity index (χ2n) is 4.20. The van der Waals surface area contributed by atoms with Crippen molar-refractivity contribution in [1.29, 1.82) is 0 Å². The summed E-state index contributed by atoms with van der Waals surface area (Å²) in [6.45, 7) is -2.40. The van der Waals surface area contributed by atoms with E-state index in [4.69, 9.17) is 12.2 Å². The first-order valence-electron chi connectivity index (χ1n) is 6.11. The molecular formula is C13H14F2N4OS. The van der Waals surface area contributed by atoms with Gasteiger partial charge in [-0.2, -0.15) is 13.9 Å². The molecule has 0 bridgehead atoms. The molecule has 0 radical (unpaired) electrons. The number of nitrogens with zero attached hydrogens (tertiary/aromatic N) is 2. The van der Waals surface area contributed by atoms with Crippen LogP contribution in [0.3, 0.4) is 0 Å². The Morgan fingerprint density at radius 1 is 1.43 bits per heavy atom. The van der Waals surface area contributed by atoms with Gasteiger partial charge >= 0.3 is 6.61 Å². The predicted molar refractivity (Wildman–Crippen MR) is 79.3 cm³/mol. The number of rotatable bonds is 5. The van der Waals surface area contributed by atoms with Crippen LogP contribution >= 0.6 is 12.2 Å². The Kier molecular flexibility index (Phi) is 5.04. The van der Waals surface area contributed by atoms with Gasteiger partial charge in [-0.25, -0.2) is 0 Å². The molecule has 1 heterocycles. The van der Waals surface area contributed by atoms with Gasteiger partial charge in [0.2, 0.25) is 0 Å². The van der Waals surface area contributed by atoms with Crippen molar-refractivity contribution in [1.82, 2.24) is 15.1 Å². The zero-order chi connectivity index (χ0) is 15.2. The fraction of sp³-hybridized carbons (Fsp3) is 0.231. The van der Waals surface area contributed by atoms with Crippen molar-refractivity contribution in [3.05, 3.63) is 42.2 Å². The number of anilines is 1. The van der Waals surface area contributed by atoms with Gasteiger partial charge in [-0.05, 0) is 24.4 Å². The van der Waals surface area contributed by atoms with Gasteiger partial charge in [0.1, 0.15) is 5.75 Å². The summed E-state index contributed by atoms with van der Waals surface area (Å²) in [5.41, 5.74) is 1.33. The van der Waals surface area contributed by atoms with Gasteiger partial charge in [-0.15, -0.1) is 0 Å². The summed E-state index contributed by atoms with van der Waals surface area (Å²) in [6.07, 6.45) is 3.56.